The standard InChI is InChI=1S/C9H19N3O.ClH/c1-6-3-8(4-10)5-12(6)9(13)7(2)11;/h6-8H,3-5,10-11H2,1-2H3;1H/t6?,7-,8?;/m0./s1. The largest absolute Gasteiger partial charge is 0.338 e. The molecule has 1 amide bonds. The van der Waals surface area contributed by atoms with E-state index >= 15 is 0 Å². The zero-order valence-electron chi connectivity index (χ0n) is 8.77. The van der Waals surface area contributed by atoms with Crippen molar-refractivity contribution in [1.82, 2.24) is 4.90 Å². The number of carbonyl (C=O) groups is 1. The lowest BCUT2D eigenvalue weighted by atomic mass is 10.1. The molecule has 4 nitrogen and oxygen atoms in total. The summed E-state index contributed by atoms with van der Waals surface area (Å²) in [5.41, 5.74) is 11.1. The van der Waals surface area contributed by atoms with Gasteiger partial charge in [-0.3, -0.25) is 4.79 Å². The molecule has 1 saturated heterocycles. The molecule has 5 heteroatoms. The molecule has 0 radical (unpaired) electrons. The van der Waals surface area contributed by atoms with E-state index < -0.39 is 0 Å². The van der Waals surface area contributed by atoms with Gasteiger partial charge in [0.25, 0.3) is 0 Å². The second kappa shape index (κ2) is 5.53. The van der Waals surface area contributed by atoms with Gasteiger partial charge < -0.3 is 16.4 Å². The zero-order chi connectivity index (χ0) is 10.0. The highest BCUT2D eigenvalue weighted by molar-refractivity contribution is 5.85. The van der Waals surface area contributed by atoms with Crippen LogP contribution >= 0.6 is 12.4 Å². The first kappa shape index (κ1) is 13.7. The number of halogens is 1. The molecule has 1 heterocycles. The van der Waals surface area contributed by atoms with E-state index in [-0.39, 0.29) is 24.4 Å². The van der Waals surface area contributed by atoms with E-state index in [4.69, 9.17) is 11.5 Å². The van der Waals surface area contributed by atoms with Crippen LogP contribution < -0.4 is 11.5 Å². The quantitative estimate of drug-likeness (QED) is 0.687. The third-order valence-electron chi connectivity index (χ3n) is 2.67. The Bertz CT molecular complexity index is 198. The van der Waals surface area contributed by atoms with Crippen molar-refractivity contribution in [2.45, 2.75) is 32.4 Å². The summed E-state index contributed by atoms with van der Waals surface area (Å²) >= 11 is 0. The summed E-state index contributed by atoms with van der Waals surface area (Å²) in [6.07, 6.45) is 1.01. The average Bonchev–Trinajstić information content (AvgIpc) is 2.45. The first-order chi connectivity index (χ1) is 6.06. The van der Waals surface area contributed by atoms with E-state index in [1.54, 1.807) is 6.92 Å². The molecule has 4 N–H and O–H groups in total. The Morgan fingerprint density at radius 1 is 1.64 bits per heavy atom. The van der Waals surface area contributed by atoms with Crippen LogP contribution in [0, 0.1) is 5.92 Å². The van der Waals surface area contributed by atoms with Gasteiger partial charge in [-0.15, -0.1) is 12.4 Å². The van der Waals surface area contributed by atoms with Gasteiger partial charge in [0.2, 0.25) is 5.91 Å². The van der Waals surface area contributed by atoms with Crippen molar-refractivity contribution >= 4 is 18.3 Å². The molecule has 3 atom stereocenters. The molecule has 1 rings (SSSR count). The fraction of sp³-hybridized carbons (Fsp3) is 0.889. The van der Waals surface area contributed by atoms with Gasteiger partial charge in [0, 0.05) is 12.6 Å². The summed E-state index contributed by atoms with van der Waals surface area (Å²) in [6, 6.07) is -0.0916. The molecule has 14 heavy (non-hydrogen) atoms. The number of hydrogen-bond donors (Lipinski definition) is 2. The summed E-state index contributed by atoms with van der Waals surface area (Å²) in [6.45, 7) is 5.21. The fourth-order valence-electron chi connectivity index (χ4n) is 1.88. The number of hydrogen-bond acceptors (Lipinski definition) is 3. The van der Waals surface area contributed by atoms with Gasteiger partial charge in [-0.1, -0.05) is 0 Å². The van der Waals surface area contributed by atoms with Crippen LogP contribution in [0.25, 0.3) is 0 Å². The number of nitrogens with two attached hydrogens (primary N) is 2. The van der Waals surface area contributed by atoms with Gasteiger partial charge in [0.15, 0.2) is 0 Å². The van der Waals surface area contributed by atoms with Gasteiger partial charge in [-0.2, -0.15) is 0 Å². The Morgan fingerprint density at radius 2 is 2.21 bits per heavy atom. The van der Waals surface area contributed by atoms with Crippen LogP contribution in [-0.2, 0) is 4.79 Å². The highest BCUT2D eigenvalue weighted by Crippen LogP contribution is 2.22. The van der Waals surface area contributed by atoms with Crippen molar-refractivity contribution in [2.75, 3.05) is 13.1 Å². The Kier molecular flexibility index (Phi) is 5.41. The molecule has 0 spiro atoms. The number of rotatable bonds is 2. The van der Waals surface area contributed by atoms with Crippen molar-refractivity contribution in [1.29, 1.82) is 0 Å². The first-order valence-corrected chi connectivity index (χ1v) is 4.82. The molecule has 0 aliphatic carbocycles. The van der Waals surface area contributed by atoms with Crippen LogP contribution in [0.2, 0.25) is 0 Å². The second-order valence-corrected chi connectivity index (χ2v) is 3.97. The molecule has 0 aromatic carbocycles. The minimum atomic E-state index is -0.390. The van der Waals surface area contributed by atoms with E-state index in [2.05, 4.69) is 6.92 Å². The van der Waals surface area contributed by atoms with Gasteiger partial charge in [0.1, 0.15) is 0 Å². The van der Waals surface area contributed by atoms with E-state index in [0.717, 1.165) is 13.0 Å². The van der Waals surface area contributed by atoms with Crippen LogP contribution in [-0.4, -0.2) is 36.0 Å². The van der Waals surface area contributed by atoms with Gasteiger partial charge in [0.05, 0.1) is 6.04 Å². The average molecular weight is 222 g/mol. The molecule has 1 aliphatic rings. The Morgan fingerprint density at radius 3 is 2.57 bits per heavy atom. The molecule has 2 unspecified atom stereocenters. The van der Waals surface area contributed by atoms with Gasteiger partial charge in [-0.25, -0.2) is 0 Å². The third kappa shape index (κ3) is 2.83. The highest BCUT2D eigenvalue weighted by atomic mass is 35.5. The van der Waals surface area contributed by atoms with Crippen LogP contribution in [0.4, 0.5) is 0 Å². The molecular formula is C9H20ClN3O. The summed E-state index contributed by atoms with van der Waals surface area (Å²) in [4.78, 5) is 13.4. The van der Waals surface area contributed by atoms with E-state index in [9.17, 15) is 4.79 Å². The topological polar surface area (TPSA) is 72.3 Å². The van der Waals surface area contributed by atoms with Crippen molar-refractivity contribution in [3.63, 3.8) is 0 Å². The molecular weight excluding hydrogens is 202 g/mol. The van der Waals surface area contributed by atoms with Gasteiger partial charge >= 0.3 is 0 Å². The summed E-state index contributed by atoms with van der Waals surface area (Å²) < 4.78 is 0. The SMILES string of the molecule is CC1CC(CN)CN1C(=O)[C@H](C)N.Cl. The molecule has 0 saturated carbocycles. The maximum atomic E-state index is 11.6. The normalized spacial score (nSPS) is 28.4. The van der Waals surface area contributed by atoms with Crippen LogP contribution in [0.5, 0.6) is 0 Å². The minimum Gasteiger partial charge on any atom is -0.338 e. The van der Waals surface area contributed by atoms with Crippen molar-refractivity contribution < 1.29 is 4.79 Å². The predicted octanol–water partition coefficient (Wildman–Crippen LogP) is -0.0489. The summed E-state index contributed by atoms with van der Waals surface area (Å²) in [5.74, 6) is 0.501. The van der Waals surface area contributed by atoms with Crippen LogP contribution in [0.1, 0.15) is 20.3 Å². The Labute approximate surface area is 91.4 Å². The maximum absolute atomic E-state index is 11.6. The van der Waals surface area contributed by atoms with E-state index in [0.29, 0.717) is 18.5 Å². The lowest BCUT2D eigenvalue weighted by Crippen LogP contribution is -2.43. The summed E-state index contributed by atoms with van der Waals surface area (Å²) in [5, 5.41) is 0. The van der Waals surface area contributed by atoms with Gasteiger partial charge in [-0.05, 0) is 32.7 Å². The summed E-state index contributed by atoms with van der Waals surface area (Å²) in [7, 11) is 0. The molecule has 84 valence electrons. The Hall–Kier alpha value is -0.320. The molecule has 1 aliphatic heterocycles. The molecule has 0 aromatic rings. The number of likely N-dealkylation sites (tertiary alicyclic amines) is 1. The van der Waals surface area contributed by atoms with Crippen molar-refractivity contribution in [2.24, 2.45) is 17.4 Å². The highest BCUT2D eigenvalue weighted by Gasteiger charge is 2.32. The minimum absolute atomic E-state index is 0. The third-order valence-corrected chi connectivity index (χ3v) is 2.67. The lowest BCUT2D eigenvalue weighted by molar-refractivity contribution is -0.132. The number of nitrogens with zero attached hydrogens (tertiary/aromatic N) is 1. The first-order valence-electron chi connectivity index (χ1n) is 4.82. The Balaban J connectivity index is 0.00000169. The fourth-order valence-corrected chi connectivity index (χ4v) is 1.88. The molecule has 0 aromatic heterocycles. The van der Waals surface area contributed by atoms with Crippen molar-refractivity contribution in [3.05, 3.63) is 0 Å². The second-order valence-electron chi connectivity index (χ2n) is 3.97. The monoisotopic (exact) mass is 221 g/mol. The molecule has 0 bridgehead atoms. The number of carbonyl (C=O) groups excluding carboxylic acids is 1. The van der Waals surface area contributed by atoms with E-state index in [1.165, 1.54) is 0 Å². The van der Waals surface area contributed by atoms with E-state index in [1.807, 2.05) is 4.90 Å². The smallest absolute Gasteiger partial charge is 0.239 e. The zero-order valence-corrected chi connectivity index (χ0v) is 9.59. The molecule has 1 fully saturated rings. The van der Waals surface area contributed by atoms with Crippen LogP contribution in [0.15, 0.2) is 0 Å². The van der Waals surface area contributed by atoms with Crippen LogP contribution in [0.3, 0.4) is 0 Å². The lowest BCUT2D eigenvalue weighted by Gasteiger charge is -2.23. The maximum Gasteiger partial charge on any atom is 0.239 e. The van der Waals surface area contributed by atoms with Crippen molar-refractivity contribution in [3.8, 4) is 0 Å². The number of amides is 1. The predicted molar refractivity (Wildman–Crippen MR) is 59.2 cm³/mol.